The molecular weight excluding hydrogens is 456 g/mol. The number of aliphatic hydroxyl groups is 1. The maximum atomic E-state index is 12.7. The largest absolute Gasteiger partial charge is 0.475 e. The molecule has 190 valence electrons. The van der Waals surface area contributed by atoms with Crippen LogP contribution in [0.1, 0.15) is 54.2 Å². The Morgan fingerprint density at radius 2 is 1.73 bits per heavy atom. The molecule has 1 fully saturated rings. The minimum absolute atomic E-state index is 0.0556. The summed E-state index contributed by atoms with van der Waals surface area (Å²) in [5.41, 5.74) is -0.451. The molecule has 10 heteroatoms. The van der Waals surface area contributed by atoms with Gasteiger partial charge in [-0.1, -0.05) is 41.5 Å². The van der Waals surface area contributed by atoms with Gasteiger partial charge < -0.3 is 23.4 Å². The van der Waals surface area contributed by atoms with E-state index in [-0.39, 0.29) is 41.4 Å². The fourth-order valence-electron chi connectivity index (χ4n) is 3.05. The van der Waals surface area contributed by atoms with Gasteiger partial charge in [0, 0.05) is 18.7 Å². The summed E-state index contributed by atoms with van der Waals surface area (Å²) in [5.74, 6) is 0.190. The molecule has 1 N–H and O–H groups in total. The highest BCUT2D eigenvalue weighted by atomic mass is 28.4. The first-order chi connectivity index (χ1) is 15.0. The van der Waals surface area contributed by atoms with Crippen LogP contribution in [0.2, 0.25) is 36.3 Å². The average molecular weight is 501 g/mol. The lowest BCUT2D eigenvalue weighted by molar-refractivity contribution is -0.0413. The molecule has 0 saturated carbocycles. The van der Waals surface area contributed by atoms with Crippen molar-refractivity contribution in [1.29, 1.82) is 0 Å². The summed E-state index contributed by atoms with van der Waals surface area (Å²) in [5, 5.41) is 9.06. The van der Waals surface area contributed by atoms with E-state index in [0.717, 1.165) is 0 Å². The van der Waals surface area contributed by atoms with Crippen LogP contribution in [0.15, 0.2) is 17.1 Å². The van der Waals surface area contributed by atoms with Crippen LogP contribution in [0.5, 0.6) is 5.88 Å². The minimum atomic E-state index is -2.06. The van der Waals surface area contributed by atoms with E-state index >= 15 is 0 Å². The first-order valence-corrected chi connectivity index (χ1v) is 17.6. The Morgan fingerprint density at radius 3 is 2.24 bits per heavy atom. The molecular formula is C23H44N2O6Si2. The fraction of sp³-hybridized carbons (Fsp3) is 0.826. The molecule has 0 amide bonds. The van der Waals surface area contributed by atoms with Crippen molar-refractivity contribution in [3.8, 4) is 5.88 Å². The zero-order valence-electron chi connectivity index (χ0n) is 22.1. The highest BCUT2D eigenvalue weighted by Gasteiger charge is 2.46. The maximum Gasteiger partial charge on any atom is 0.352 e. The number of aromatic nitrogens is 2. The van der Waals surface area contributed by atoms with Crippen LogP contribution in [-0.2, 0) is 13.6 Å². The van der Waals surface area contributed by atoms with Gasteiger partial charge in [-0.15, -0.1) is 0 Å². The lowest BCUT2D eigenvalue weighted by atomic mass is 10.2. The zero-order valence-corrected chi connectivity index (χ0v) is 24.1. The number of aliphatic hydroxyl groups excluding tert-OH is 1. The van der Waals surface area contributed by atoms with Gasteiger partial charge in [0.2, 0.25) is 5.88 Å². The van der Waals surface area contributed by atoms with Gasteiger partial charge in [0.15, 0.2) is 16.6 Å². The van der Waals surface area contributed by atoms with Crippen molar-refractivity contribution < 1.29 is 23.4 Å². The Balaban J connectivity index is 2.26. The highest BCUT2D eigenvalue weighted by molar-refractivity contribution is 6.74. The fourth-order valence-corrected chi connectivity index (χ4v) is 5.43. The molecule has 1 aliphatic heterocycles. The van der Waals surface area contributed by atoms with Crippen molar-refractivity contribution >= 4 is 16.6 Å². The van der Waals surface area contributed by atoms with Gasteiger partial charge in [-0.25, -0.2) is 4.79 Å². The van der Waals surface area contributed by atoms with Gasteiger partial charge in [0.1, 0.15) is 18.9 Å². The third-order valence-electron chi connectivity index (χ3n) is 7.30. The van der Waals surface area contributed by atoms with Gasteiger partial charge in [0.05, 0.1) is 19.3 Å². The van der Waals surface area contributed by atoms with Crippen molar-refractivity contribution in [2.45, 2.75) is 103 Å². The van der Waals surface area contributed by atoms with E-state index in [1.807, 2.05) is 0 Å². The third-order valence-corrected chi connectivity index (χ3v) is 16.3. The van der Waals surface area contributed by atoms with E-state index in [2.05, 4.69) is 72.7 Å². The Morgan fingerprint density at radius 1 is 1.12 bits per heavy atom. The van der Waals surface area contributed by atoms with E-state index in [0.29, 0.717) is 13.0 Å². The van der Waals surface area contributed by atoms with Crippen LogP contribution < -0.4 is 10.4 Å². The lowest BCUT2D eigenvalue weighted by Crippen LogP contribution is -2.48. The summed E-state index contributed by atoms with van der Waals surface area (Å²) in [6, 6.07) is 1.61. The summed E-state index contributed by atoms with van der Waals surface area (Å²) >= 11 is 0. The Hall–Kier alpha value is -1.05. The van der Waals surface area contributed by atoms with Crippen LogP contribution in [0.4, 0.5) is 0 Å². The number of nitrogens with zero attached hydrogens (tertiary/aromatic N) is 2. The van der Waals surface area contributed by atoms with Crippen LogP contribution in [0.25, 0.3) is 0 Å². The van der Waals surface area contributed by atoms with Crippen LogP contribution in [0, 0.1) is 0 Å². The molecule has 1 aromatic heterocycles. The quantitative estimate of drug-likeness (QED) is 0.505. The monoisotopic (exact) mass is 500 g/mol. The minimum Gasteiger partial charge on any atom is -0.475 e. The molecule has 0 radical (unpaired) electrons. The summed E-state index contributed by atoms with van der Waals surface area (Å²) in [6.45, 7) is 22.6. The van der Waals surface area contributed by atoms with E-state index in [9.17, 15) is 4.79 Å². The molecule has 1 aliphatic rings. The van der Waals surface area contributed by atoms with Crippen molar-refractivity contribution in [1.82, 2.24) is 9.55 Å². The number of hydrogen-bond acceptors (Lipinski definition) is 7. The molecule has 8 nitrogen and oxygen atoms in total. The number of hydrogen-bond donors (Lipinski definition) is 1. The summed E-state index contributed by atoms with van der Waals surface area (Å²) in [6.07, 6.45) is 1.26. The molecule has 0 aromatic carbocycles. The Labute approximate surface area is 200 Å². The van der Waals surface area contributed by atoms with Crippen molar-refractivity contribution in [3.05, 3.63) is 22.7 Å². The standard InChI is InChI=1S/C23H44N2O6Si2/c1-22(2,3)32(7,8)29-16-18-17(31-33(9,10)23(4,5)6)15-20(30-18)25-12-11-19(24-21(25)27)28-14-13-26/h11-12,17-18,20,26H,13-16H2,1-10H3/t17-,18+,20+/m0/s1. The summed E-state index contributed by atoms with van der Waals surface area (Å²) < 4.78 is 26.4. The Kier molecular flexibility index (Phi) is 8.79. The van der Waals surface area contributed by atoms with Gasteiger partial charge in [-0.3, -0.25) is 4.57 Å². The molecule has 0 spiro atoms. The van der Waals surface area contributed by atoms with Crippen molar-refractivity contribution in [2.24, 2.45) is 0 Å². The zero-order chi connectivity index (χ0) is 25.2. The molecule has 3 atom stereocenters. The first-order valence-electron chi connectivity index (χ1n) is 11.8. The molecule has 33 heavy (non-hydrogen) atoms. The van der Waals surface area contributed by atoms with Crippen LogP contribution in [0.3, 0.4) is 0 Å². The third kappa shape index (κ3) is 6.98. The van der Waals surface area contributed by atoms with E-state index < -0.39 is 28.6 Å². The predicted octanol–water partition coefficient (Wildman–Crippen LogP) is 4.31. The van der Waals surface area contributed by atoms with E-state index in [4.69, 9.17) is 23.4 Å². The SMILES string of the molecule is CC(C)(C)[Si](C)(C)OC[C@H]1O[C@@H](n2ccc(OCCO)nc2=O)C[C@@H]1O[Si](C)(C)C(C)(C)C. The average Bonchev–Trinajstić information content (AvgIpc) is 3.04. The second-order valence-corrected chi connectivity index (χ2v) is 21.4. The smallest absolute Gasteiger partial charge is 0.352 e. The number of ether oxygens (including phenoxy) is 2. The maximum absolute atomic E-state index is 12.7. The topological polar surface area (TPSA) is 92.0 Å². The molecule has 0 bridgehead atoms. The lowest BCUT2D eigenvalue weighted by Gasteiger charge is -2.40. The second kappa shape index (κ2) is 10.3. The van der Waals surface area contributed by atoms with E-state index in [1.165, 1.54) is 4.57 Å². The molecule has 1 aromatic rings. The highest BCUT2D eigenvalue weighted by Crippen LogP contribution is 2.42. The second-order valence-electron chi connectivity index (χ2n) is 11.9. The van der Waals surface area contributed by atoms with Gasteiger partial charge in [0.25, 0.3) is 0 Å². The molecule has 0 unspecified atom stereocenters. The molecule has 0 aliphatic carbocycles. The number of rotatable bonds is 9. The van der Waals surface area contributed by atoms with Gasteiger partial charge in [-0.2, -0.15) is 4.98 Å². The Bertz CT molecular complexity index is 845. The van der Waals surface area contributed by atoms with Crippen LogP contribution in [-0.4, -0.2) is 63.3 Å². The normalized spacial score (nSPS) is 22.6. The summed E-state index contributed by atoms with van der Waals surface area (Å²) in [4.78, 5) is 16.6. The molecule has 1 saturated heterocycles. The van der Waals surface area contributed by atoms with Crippen molar-refractivity contribution in [3.63, 3.8) is 0 Å². The van der Waals surface area contributed by atoms with Crippen molar-refractivity contribution in [2.75, 3.05) is 19.8 Å². The molecule has 2 rings (SSSR count). The van der Waals surface area contributed by atoms with Crippen LogP contribution >= 0.6 is 0 Å². The summed E-state index contributed by atoms with van der Waals surface area (Å²) in [7, 11) is -4.03. The van der Waals surface area contributed by atoms with Gasteiger partial charge in [-0.05, 0) is 36.3 Å². The predicted molar refractivity (Wildman–Crippen MR) is 135 cm³/mol. The molecule has 2 heterocycles. The van der Waals surface area contributed by atoms with E-state index in [1.54, 1.807) is 12.3 Å². The first kappa shape index (κ1) is 28.2. The van der Waals surface area contributed by atoms with Gasteiger partial charge >= 0.3 is 5.69 Å².